The van der Waals surface area contributed by atoms with Gasteiger partial charge in [0.2, 0.25) is 0 Å². The lowest BCUT2D eigenvalue weighted by Crippen LogP contribution is -2.42. The summed E-state index contributed by atoms with van der Waals surface area (Å²) < 4.78 is 0. The molecule has 0 amide bonds. The Hall–Kier alpha value is -0.260. The van der Waals surface area contributed by atoms with Crippen LogP contribution in [0.25, 0.3) is 0 Å². The second kappa shape index (κ2) is 2.76. The van der Waals surface area contributed by atoms with Crippen LogP contribution >= 0.6 is 0 Å². The second-order valence-corrected chi connectivity index (χ2v) is 7.41. The Morgan fingerprint density at radius 2 is 1.50 bits per heavy atom. The summed E-state index contributed by atoms with van der Waals surface area (Å²) in [5.41, 5.74) is 0. The molecular weight excluding hydrogens is 192 g/mol. The standard InChI is InChI=1S/C16H22/c1-3-10-5-9(1)2-4-12-14-8-13(10)16-7-11(14)6-15(12)16/h1,3,9-16H,2,4-8H2. The highest BCUT2D eigenvalue weighted by molar-refractivity contribution is 5.14. The van der Waals surface area contributed by atoms with Crippen LogP contribution in [-0.4, -0.2) is 0 Å². The molecule has 6 saturated carbocycles. The molecule has 86 valence electrons. The quantitative estimate of drug-likeness (QED) is 0.537. The van der Waals surface area contributed by atoms with Gasteiger partial charge < -0.3 is 0 Å². The van der Waals surface area contributed by atoms with Crippen molar-refractivity contribution < 1.29 is 0 Å². The third kappa shape index (κ3) is 0.901. The van der Waals surface area contributed by atoms with Crippen LogP contribution in [0.3, 0.4) is 0 Å². The molecule has 8 unspecified atom stereocenters. The fraction of sp³-hybridized carbons (Fsp3) is 0.875. The van der Waals surface area contributed by atoms with Gasteiger partial charge in [-0.1, -0.05) is 12.2 Å². The molecule has 8 atom stereocenters. The van der Waals surface area contributed by atoms with Crippen LogP contribution in [0.5, 0.6) is 0 Å². The number of hydrogen-bond acceptors (Lipinski definition) is 0. The maximum Gasteiger partial charge on any atom is -0.0197 e. The molecular formula is C16H22. The van der Waals surface area contributed by atoms with Crippen molar-refractivity contribution in [2.75, 3.05) is 0 Å². The van der Waals surface area contributed by atoms with Crippen molar-refractivity contribution in [3.05, 3.63) is 12.2 Å². The molecule has 0 aliphatic heterocycles. The lowest BCUT2D eigenvalue weighted by atomic mass is 9.57. The minimum atomic E-state index is 0.975. The summed E-state index contributed by atoms with van der Waals surface area (Å²) in [6.07, 6.45) is 14.7. The molecule has 0 N–H and O–H groups in total. The molecule has 7 aliphatic carbocycles. The van der Waals surface area contributed by atoms with Gasteiger partial charge in [-0.25, -0.2) is 0 Å². The van der Waals surface area contributed by atoms with E-state index in [1.807, 2.05) is 0 Å². The molecule has 7 rings (SSSR count). The van der Waals surface area contributed by atoms with Crippen molar-refractivity contribution in [1.82, 2.24) is 0 Å². The third-order valence-corrected chi connectivity index (χ3v) is 7.13. The van der Waals surface area contributed by atoms with E-state index < -0.39 is 0 Å². The summed E-state index contributed by atoms with van der Waals surface area (Å²) in [5, 5.41) is 0. The van der Waals surface area contributed by atoms with Gasteiger partial charge in [-0.2, -0.15) is 0 Å². The van der Waals surface area contributed by atoms with E-state index in [4.69, 9.17) is 0 Å². The first-order valence-corrected chi connectivity index (χ1v) is 7.58. The summed E-state index contributed by atoms with van der Waals surface area (Å²) in [4.78, 5) is 0. The van der Waals surface area contributed by atoms with Crippen LogP contribution in [0.2, 0.25) is 0 Å². The molecule has 0 radical (unpaired) electrons. The van der Waals surface area contributed by atoms with Gasteiger partial charge >= 0.3 is 0 Å². The van der Waals surface area contributed by atoms with Crippen LogP contribution in [0.4, 0.5) is 0 Å². The summed E-state index contributed by atoms with van der Waals surface area (Å²) >= 11 is 0. The van der Waals surface area contributed by atoms with E-state index >= 15 is 0 Å². The zero-order valence-electron chi connectivity index (χ0n) is 10.0. The zero-order chi connectivity index (χ0) is 10.3. The maximum absolute atomic E-state index is 2.62. The molecule has 0 saturated heterocycles. The van der Waals surface area contributed by atoms with Gasteiger partial charge in [-0.15, -0.1) is 0 Å². The van der Waals surface area contributed by atoms with Crippen molar-refractivity contribution in [2.24, 2.45) is 47.3 Å². The number of hydrogen-bond donors (Lipinski definition) is 0. The van der Waals surface area contributed by atoms with E-state index in [9.17, 15) is 0 Å². The smallest absolute Gasteiger partial charge is 0.0197 e. The van der Waals surface area contributed by atoms with E-state index in [1.54, 1.807) is 25.7 Å². The van der Waals surface area contributed by atoms with Crippen LogP contribution in [0, 0.1) is 47.3 Å². The molecule has 0 aromatic heterocycles. The fourth-order valence-electron chi connectivity index (χ4n) is 6.67. The third-order valence-electron chi connectivity index (χ3n) is 7.13. The van der Waals surface area contributed by atoms with Crippen molar-refractivity contribution in [2.45, 2.75) is 38.5 Å². The highest BCUT2D eigenvalue weighted by Gasteiger charge is 2.60. The molecule has 0 heteroatoms. The maximum atomic E-state index is 2.62. The largest absolute Gasteiger partial charge is 0.0851 e. The van der Waals surface area contributed by atoms with E-state index in [2.05, 4.69) is 12.2 Å². The highest BCUT2D eigenvalue weighted by Crippen LogP contribution is 2.68. The van der Waals surface area contributed by atoms with Crippen molar-refractivity contribution >= 4 is 0 Å². The number of allylic oxidation sites excluding steroid dienone is 2. The fourth-order valence-corrected chi connectivity index (χ4v) is 6.67. The molecule has 7 aliphatic rings. The van der Waals surface area contributed by atoms with Gasteiger partial charge in [0, 0.05) is 0 Å². The van der Waals surface area contributed by atoms with E-state index in [1.165, 1.54) is 36.5 Å². The van der Waals surface area contributed by atoms with Crippen molar-refractivity contribution in [1.29, 1.82) is 0 Å². The molecule has 6 fully saturated rings. The van der Waals surface area contributed by atoms with E-state index in [0.717, 1.165) is 23.7 Å². The molecule has 8 bridgehead atoms. The minimum Gasteiger partial charge on any atom is -0.0851 e. The predicted molar refractivity (Wildman–Crippen MR) is 64.8 cm³/mol. The predicted octanol–water partition coefficient (Wildman–Crippen LogP) is 3.88. The van der Waals surface area contributed by atoms with Gasteiger partial charge in [-0.3, -0.25) is 0 Å². The summed E-state index contributed by atoms with van der Waals surface area (Å²) in [7, 11) is 0. The summed E-state index contributed by atoms with van der Waals surface area (Å²) in [6, 6.07) is 0. The Morgan fingerprint density at radius 1 is 0.625 bits per heavy atom. The molecule has 0 aromatic carbocycles. The number of fused-ring (bicyclic) bond motifs is 1. The normalized spacial score (nSPS) is 65.0. The van der Waals surface area contributed by atoms with Crippen molar-refractivity contribution in [3.63, 3.8) is 0 Å². The van der Waals surface area contributed by atoms with Crippen LogP contribution in [0.1, 0.15) is 38.5 Å². The second-order valence-electron chi connectivity index (χ2n) is 7.41. The Kier molecular flexibility index (Phi) is 1.52. The van der Waals surface area contributed by atoms with Gasteiger partial charge in [-0.05, 0) is 85.9 Å². The lowest BCUT2D eigenvalue weighted by Gasteiger charge is -2.48. The topological polar surface area (TPSA) is 0 Å². The Balaban J connectivity index is 1.61. The van der Waals surface area contributed by atoms with Gasteiger partial charge in [0.05, 0.1) is 0 Å². The monoisotopic (exact) mass is 214 g/mol. The lowest BCUT2D eigenvalue weighted by molar-refractivity contribution is 0.00950. The first-order valence-electron chi connectivity index (χ1n) is 7.58. The SMILES string of the molecule is C1=CC2CC1CCC1C3CC2C2CC3CC21. The summed E-state index contributed by atoms with van der Waals surface area (Å²) in [5.74, 6) is 8.95. The van der Waals surface area contributed by atoms with Crippen LogP contribution in [0.15, 0.2) is 12.2 Å². The van der Waals surface area contributed by atoms with Gasteiger partial charge in [0.25, 0.3) is 0 Å². The Morgan fingerprint density at radius 3 is 2.38 bits per heavy atom. The van der Waals surface area contributed by atoms with Crippen LogP contribution < -0.4 is 0 Å². The molecule has 0 aromatic rings. The minimum absolute atomic E-state index is 0.975. The average Bonchev–Trinajstić information content (AvgIpc) is 2.99. The van der Waals surface area contributed by atoms with Gasteiger partial charge in [0.15, 0.2) is 0 Å². The summed E-state index contributed by atoms with van der Waals surface area (Å²) in [6.45, 7) is 0. The van der Waals surface area contributed by atoms with E-state index in [0.29, 0.717) is 0 Å². The first kappa shape index (κ1) is 8.78. The van der Waals surface area contributed by atoms with Crippen LogP contribution in [-0.2, 0) is 0 Å². The van der Waals surface area contributed by atoms with Gasteiger partial charge in [0.1, 0.15) is 0 Å². The zero-order valence-corrected chi connectivity index (χ0v) is 10.0. The Bertz CT molecular complexity index is 353. The average molecular weight is 214 g/mol. The molecule has 0 heterocycles. The first-order chi connectivity index (χ1) is 7.90. The molecule has 16 heavy (non-hydrogen) atoms. The Labute approximate surface area is 98.5 Å². The van der Waals surface area contributed by atoms with Crippen molar-refractivity contribution in [3.8, 4) is 0 Å². The number of rotatable bonds is 0. The molecule has 0 nitrogen and oxygen atoms in total. The van der Waals surface area contributed by atoms with E-state index in [-0.39, 0.29) is 0 Å². The molecule has 0 spiro atoms. The highest BCUT2D eigenvalue weighted by atomic mass is 14.6.